The second-order valence-corrected chi connectivity index (χ2v) is 5.98. The predicted molar refractivity (Wildman–Crippen MR) is 76.3 cm³/mol. The van der Waals surface area contributed by atoms with Gasteiger partial charge < -0.3 is 14.5 Å². The van der Waals surface area contributed by atoms with Gasteiger partial charge in [0.25, 0.3) is 0 Å². The smallest absolute Gasteiger partial charge is 0.105 e. The maximum atomic E-state index is 5.42. The van der Waals surface area contributed by atoms with Crippen molar-refractivity contribution in [3.05, 3.63) is 24.2 Å². The zero-order valence-electron chi connectivity index (χ0n) is 12.3. The van der Waals surface area contributed by atoms with Gasteiger partial charge in [-0.25, -0.2) is 0 Å². The number of hydrogen-bond acceptors (Lipinski definition) is 4. The maximum Gasteiger partial charge on any atom is 0.105 e. The number of hydrogen-bond donors (Lipinski definition) is 1. The topological polar surface area (TPSA) is 37.6 Å². The summed E-state index contributed by atoms with van der Waals surface area (Å²) in [5.41, 5.74) is 0.168. The SMILES string of the molecule is CC(Cc1ccco1)NCC(C)(C)N1CCOCC1. The summed E-state index contributed by atoms with van der Waals surface area (Å²) < 4.78 is 10.8. The van der Waals surface area contributed by atoms with Crippen molar-refractivity contribution in [3.63, 3.8) is 0 Å². The summed E-state index contributed by atoms with van der Waals surface area (Å²) in [6, 6.07) is 4.40. The highest BCUT2D eigenvalue weighted by Crippen LogP contribution is 2.15. The summed E-state index contributed by atoms with van der Waals surface area (Å²) in [6.07, 6.45) is 2.67. The molecule has 1 aliphatic rings. The number of ether oxygens (including phenoxy) is 1. The van der Waals surface area contributed by atoms with Crippen LogP contribution in [0.15, 0.2) is 22.8 Å². The van der Waals surface area contributed by atoms with Crippen molar-refractivity contribution < 1.29 is 9.15 Å². The van der Waals surface area contributed by atoms with Crippen LogP contribution < -0.4 is 5.32 Å². The van der Waals surface area contributed by atoms with Gasteiger partial charge in [-0.1, -0.05) is 0 Å². The van der Waals surface area contributed by atoms with Crippen LogP contribution in [0.1, 0.15) is 26.5 Å². The molecule has 2 heterocycles. The first-order chi connectivity index (χ1) is 9.08. The molecule has 1 atom stereocenters. The van der Waals surface area contributed by atoms with E-state index in [1.54, 1.807) is 6.26 Å². The second kappa shape index (κ2) is 6.55. The number of nitrogens with zero attached hydrogens (tertiary/aromatic N) is 1. The van der Waals surface area contributed by atoms with E-state index in [2.05, 4.69) is 31.0 Å². The number of nitrogens with one attached hydrogen (secondary N) is 1. The lowest BCUT2D eigenvalue weighted by Crippen LogP contribution is -2.55. The quantitative estimate of drug-likeness (QED) is 0.853. The molecule has 0 bridgehead atoms. The van der Waals surface area contributed by atoms with Crippen LogP contribution in [-0.4, -0.2) is 49.3 Å². The van der Waals surface area contributed by atoms with E-state index in [1.807, 2.05) is 12.1 Å². The fourth-order valence-electron chi connectivity index (χ4n) is 2.51. The van der Waals surface area contributed by atoms with Crippen LogP contribution >= 0.6 is 0 Å². The van der Waals surface area contributed by atoms with Crippen molar-refractivity contribution >= 4 is 0 Å². The Morgan fingerprint density at radius 1 is 1.37 bits per heavy atom. The van der Waals surface area contributed by atoms with Gasteiger partial charge >= 0.3 is 0 Å². The Morgan fingerprint density at radius 2 is 2.11 bits per heavy atom. The van der Waals surface area contributed by atoms with Gasteiger partial charge in [0.15, 0.2) is 0 Å². The van der Waals surface area contributed by atoms with Crippen LogP contribution in [0, 0.1) is 0 Å². The second-order valence-electron chi connectivity index (χ2n) is 5.98. The van der Waals surface area contributed by atoms with Gasteiger partial charge in [0.05, 0.1) is 19.5 Å². The van der Waals surface area contributed by atoms with Gasteiger partial charge in [-0.15, -0.1) is 0 Å². The minimum atomic E-state index is 0.168. The Morgan fingerprint density at radius 3 is 2.74 bits per heavy atom. The highest BCUT2D eigenvalue weighted by Gasteiger charge is 2.28. The van der Waals surface area contributed by atoms with Gasteiger partial charge in [0.1, 0.15) is 5.76 Å². The highest BCUT2D eigenvalue weighted by atomic mass is 16.5. The fraction of sp³-hybridized carbons (Fsp3) is 0.733. The van der Waals surface area contributed by atoms with E-state index in [1.165, 1.54) is 0 Å². The van der Waals surface area contributed by atoms with Crippen molar-refractivity contribution in [1.29, 1.82) is 0 Å². The number of morpholine rings is 1. The van der Waals surface area contributed by atoms with Crippen LogP contribution in [0.4, 0.5) is 0 Å². The van der Waals surface area contributed by atoms with Crippen molar-refractivity contribution in [2.45, 2.75) is 38.8 Å². The first-order valence-corrected chi connectivity index (χ1v) is 7.16. The van der Waals surface area contributed by atoms with E-state index in [0.29, 0.717) is 6.04 Å². The highest BCUT2D eigenvalue weighted by molar-refractivity contribution is 5.00. The minimum absolute atomic E-state index is 0.168. The molecule has 1 unspecified atom stereocenters. The van der Waals surface area contributed by atoms with Gasteiger partial charge in [0.2, 0.25) is 0 Å². The predicted octanol–water partition coefficient (Wildman–Crippen LogP) is 1.91. The summed E-state index contributed by atoms with van der Waals surface area (Å²) in [7, 11) is 0. The average Bonchev–Trinajstić information content (AvgIpc) is 2.90. The summed E-state index contributed by atoms with van der Waals surface area (Å²) in [4.78, 5) is 2.50. The van der Waals surface area contributed by atoms with Crippen LogP contribution in [0.5, 0.6) is 0 Å². The molecule has 1 N–H and O–H groups in total. The number of furan rings is 1. The molecule has 4 heteroatoms. The Labute approximate surface area is 116 Å². The Bertz CT molecular complexity index is 356. The molecule has 1 fully saturated rings. The molecule has 1 saturated heterocycles. The largest absolute Gasteiger partial charge is 0.469 e. The summed E-state index contributed by atoms with van der Waals surface area (Å²) in [5, 5.41) is 3.62. The van der Waals surface area contributed by atoms with Crippen molar-refractivity contribution in [2.75, 3.05) is 32.8 Å². The third-order valence-corrected chi connectivity index (χ3v) is 3.84. The van der Waals surface area contributed by atoms with E-state index < -0.39 is 0 Å². The van der Waals surface area contributed by atoms with Crippen LogP contribution in [0.2, 0.25) is 0 Å². The molecule has 0 spiro atoms. The van der Waals surface area contributed by atoms with Gasteiger partial charge in [-0.3, -0.25) is 4.90 Å². The van der Waals surface area contributed by atoms with E-state index in [4.69, 9.17) is 9.15 Å². The summed E-state index contributed by atoms with van der Waals surface area (Å²) in [6.45, 7) is 11.5. The van der Waals surface area contributed by atoms with E-state index in [0.717, 1.165) is 45.0 Å². The molecule has 0 aliphatic carbocycles. The molecular weight excluding hydrogens is 240 g/mol. The minimum Gasteiger partial charge on any atom is -0.469 e. The van der Waals surface area contributed by atoms with Gasteiger partial charge in [0, 0.05) is 37.6 Å². The van der Waals surface area contributed by atoms with E-state index in [-0.39, 0.29) is 5.54 Å². The summed E-state index contributed by atoms with van der Waals surface area (Å²) in [5.74, 6) is 1.05. The molecular formula is C15H26N2O2. The molecule has 2 rings (SSSR count). The Hall–Kier alpha value is -0.840. The fourth-order valence-corrected chi connectivity index (χ4v) is 2.51. The van der Waals surface area contributed by atoms with Gasteiger partial charge in [-0.2, -0.15) is 0 Å². The molecule has 19 heavy (non-hydrogen) atoms. The Balaban J connectivity index is 1.76. The lowest BCUT2D eigenvalue weighted by Gasteiger charge is -2.41. The summed E-state index contributed by atoms with van der Waals surface area (Å²) >= 11 is 0. The van der Waals surface area contributed by atoms with Crippen molar-refractivity contribution in [3.8, 4) is 0 Å². The first kappa shape index (κ1) is 14.6. The van der Waals surface area contributed by atoms with E-state index in [9.17, 15) is 0 Å². The van der Waals surface area contributed by atoms with Gasteiger partial charge in [-0.05, 0) is 32.9 Å². The molecule has 0 radical (unpaired) electrons. The lowest BCUT2D eigenvalue weighted by molar-refractivity contribution is -0.0102. The molecule has 0 saturated carbocycles. The van der Waals surface area contributed by atoms with E-state index >= 15 is 0 Å². The third kappa shape index (κ3) is 4.34. The molecule has 0 aromatic carbocycles. The molecule has 1 aromatic heterocycles. The van der Waals surface area contributed by atoms with Crippen molar-refractivity contribution in [1.82, 2.24) is 10.2 Å². The zero-order valence-corrected chi connectivity index (χ0v) is 12.3. The molecule has 108 valence electrons. The standard InChI is InChI=1S/C15H26N2O2/c1-13(11-14-5-4-8-19-14)16-12-15(2,3)17-6-9-18-10-7-17/h4-5,8,13,16H,6-7,9-12H2,1-3H3. The zero-order chi connectivity index (χ0) is 13.7. The lowest BCUT2D eigenvalue weighted by atomic mass is 10.0. The monoisotopic (exact) mass is 266 g/mol. The molecule has 0 amide bonds. The maximum absolute atomic E-state index is 5.42. The van der Waals surface area contributed by atoms with Crippen LogP contribution in [0.3, 0.4) is 0 Å². The molecule has 1 aliphatic heterocycles. The average molecular weight is 266 g/mol. The van der Waals surface area contributed by atoms with Crippen molar-refractivity contribution in [2.24, 2.45) is 0 Å². The van der Waals surface area contributed by atoms with Crippen LogP contribution in [0.25, 0.3) is 0 Å². The third-order valence-electron chi connectivity index (χ3n) is 3.84. The Kier molecular flexibility index (Phi) is 5.02. The molecule has 4 nitrogen and oxygen atoms in total. The number of rotatable bonds is 6. The molecule has 1 aromatic rings. The normalized spacial score (nSPS) is 19.5. The first-order valence-electron chi connectivity index (χ1n) is 7.16. The van der Waals surface area contributed by atoms with Crippen LogP contribution in [-0.2, 0) is 11.2 Å².